The fraction of sp³-hybridized carbons (Fsp3) is 1.00. The number of sulfone groups is 1. The van der Waals surface area contributed by atoms with Gasteiger partial charge in [-0.1, -0.05) is 19.3 Å². The molecule has 0 spiro atoms. The summed E-state index contributed by atoms with van der Waals surface area (Å²) in [5.41, 5.74) is 0. The molecule has 0 aliphatic heterocycles. The van der Waals surface area contributed by atoms with Crippen molar-refractivity contribution in [3.8, 4) is 0 Å². The molecule has 1 fully saturated rings. The summed E-state index contributed by atoms with van der Waals surface area (Å²) in [5, 5.41) is 3.36. The molecular formula is C12H25NO2S. The lowest BCUT2D eigenvalue weighted by Crippen LogP contribution is -2.35. The van der Waals surface area contributed by atoms with Gasteiger partial charge in [0.25, 0.3) is 0 Å². The minimum Gasteiger partial charge on any atom is -0.317 e. The normalized spacial score (nSPS) is 20.9. The van der Waals surface area contributed by atoms with Gasteiger partial charge in [0.05, 0.1) is 0 Å². The lowest BCUT2D eigenvalue weighted by molar-refractivity contribution is 0.267. The average molecular weight is 247 g/mol. The summed E-state index contributed by atoms with van der Waals surface area (Å²) >= 11 is 0. The Bertz CT molecular complexity index is 281. The SMILES string of the molecule is CNC(CCCS(C)(=O)=O)C1CCCCC1. The van der Waals surface area contributed by atoms with E-state index in [-0.39, 0.29) is 0 Å². The highest BCUT2D eigenvalue weighted by atomic mass is 32.2. The van der Waals surface area contributed by atoms with Gasteiger partial charge in [-0.15, -0.1) is 0 Å². The Labute approximate surface area is 99.9 Å². The van der Waals surface area contributed by atoms with Crippen LogP contribution in [0.4, 0.5) is 0 Å². The van der Waals surface area contributed by atoms with Crippen molar-refractivity contribution < 1.29 is 8.42 Å². The molecule has 0 radical (unpaired) electrons. The third kappa shape index (κ3) is 5.30. The number of nitrogens with one attached hydrogen (secondary N) is 1. The number of rotatable bonds is 6. The molecule has 0 aromatic heterocycles. The van der Waals surface area contributed by atoms with Crippen LogP contribution in [0.25, 0.3) is 0 Å². The quantitative estimate of drug-likeness (QED) is 0.780. The summed E-state index contributed by atoms with van der Waals surface area (Å²) in [7, 11) is -0.787. The molecule has 16 heavy (non-hydrogen) atoms. The fourth-order valence-electron chi connectivity index (χ4n) is 2.72. The van der Waals surface area contributed by atoms with E-state index >= 15 is 0 Å². The third-order valence-electron chi connectivity index (χ3n) is 3.62. The van der Waals surface area contributed by atoms with E-state index in [9.17, 15) is 8.42 Å². The minimum atomic E-state index is -2.79. The number of hydrogen-bond donors (Lipinski definition) is 1. The first kappa shape index (κ1) is 14.0. The highest BCUT2D eigenvalue weighted by molar-refractivity contribution is 7.90. The largest absolute Gasteiger partial charge is 0.317 e. The van der Waals surface area contributed by atoms with Gasteiger partial charge >= 0.3 is 0 Å². The van der Waals surface area contributed by atoms with Crippen LogP contribution in [0.5, 0.6) is 0 Å². The topological polar surface area (TPSA) is 46.2 Å². The molecule has 1 N–H and O–H groups in total. The van der Waals surface area contributed by atoms with Gasteiger partial charge in [-0.05, 0) is 38.6 Å². The minimum absolute atomic E-state index is 0.331. The molecule has 0 bridgehead atoms. The van der Waals surface area contributed by atoms with Crippen molar-refractivity contribution in [1.82, 2.24) is 5.32 Å². The van der Waals surface area contributed by atoms with Crippen LogP contribution in [0.15, 0.2) is 0 Å². The second-order valence-corrected chi connectivity index (χ2v) is 7.33. The van der Waals surface area contributed by atoms with Crippen LogP contribution < -0.4 is 5.32 Å². The summed E-state index contributed by atoms with van der Waals surface area (Å²) in [5.74, 6) is 1.09. The Balaban J connectivity index is 2.30. The van der Waals surface area contributed by atoms with E-state index in [4.69, 9.17) is 0 Å². The second-order valence-electron chi connectivity index (χ2n) is 5.07. The molecule has 1 aliphatic rings. The molecule has 0 amide bonds. The maximum atomic E-state index is 11.1. The zero-order valence-electron chi connectivity index (χ0n) is 10.5. The molecule has 0 saturated heterocycles. The van der Waals surface area contributed by atoms with Crippen molar-refractivity contribution in [3.63, 3.8) is 0 Å². The molecule has 1 aliphatic carbocycles. The van der Waals surface area contributed by atoms with Crippen molar-refractivity contribution >= 4 is 9.84 Å². The van der Waals surface area contributed by atoms with Gasteiger partial charge in [-0.2, -0.15) is 0 Å². The van der Waals surface area contributed by atoms with Gasteiger partial charge in [0.15, 0.2) is 0 Å². The molecule has 1 atom stereocenters. The zero-order valence-corrected chi connectivity index (χ0v) is 11.4. The Kier molecular flexibility index (Phi) is 5.76. The van der Waals surface area contributed by atoms with E-state index in [0.29, 0.717) is 11.8 Å². The first-order chi connectivity index (χ1) is 7.53. The smallest absolute Gasteiger partial charge is 0.147 e. The Morgan fingerprint density at radius 1 is 1.25 bits per heavy atom. The van der Waals surface area contributed by atoms with E-state index in [2.05, 4.69) is 5.32 Å². The van der Waals surface area contributed by atoms with Crippen LogP contribution in [0.3, 0.4) is 0 Å². The maximum Gasteiger partial charge on any atom is 0.147 e. The van der Waals surface area contributed by atoms with Crippen molar-refractivity contribution in [2.75, 3.05) is 19.1 Å². The molecule has 4 heteroatoms. The van der Waals surface area contributed by atoms with Crippen LogP contribution in [-0.4, -0.2) is 33.5 Å². The fourth-order valence-corrected chi connectivity index (χ4v) is 3.41. The van der Waals surface area contributed by atoms with Crippen LogP contribution in [0.1, 0.15) is 44.9 Å². The van der Waals surface area contributed by atoms with Crippen molar-refractivity contribution in [3.05, 3.63) is 0 Å². The lowest BCUT2D eigenvalue weighted by atomic mass is 9.82. The average Bonchev–Trinajstić information content (AvgIpc) is 2.24. The van der Waals surface area contributed by atoms with E-state index < -0.39 is 9.84 Å². The molecule has 1 unspecified atom stereocenters. The first-order valence-corrected chi connectivity index (χ1v) is 8.44. The molecule has 3 nitrogen and oxygen atoms in total. The van der Waals surface area contributed by atoms with Crippen molar-refractivity contribution in [2.24, 2.45) is 5.92 Å². The van der Waals surface area contributed by atoms with E-state index in [1.165, 1.54) is 38.4 Å². The van der Waals surface area contributed by atoms with Crippen LogP contribution in [0, 0.1) is 5.92 Å². The molecule has 1 saturated carbocycles. The maximum absolute atomic E-state index is 11.1. The summed E-state index contributed by atoms with van der Waals surface area (Å²) in [6.45, 7) is 0. The summed E-state index contributed by atoms with van der Waals surface area (Å²) in [6, 6.07) is 0.516. The van der Waals surface area contributed by atoms with Gasteiger partial charge in [-0.3, -0.25) is 0 Å². The Morgan fingerprint density at radius 3 is 2.38 bits per heavy atom. The highest BCUT2D eigenvalue weighted by Crippen LogP contribution is 2.28. The highest BCUT2D eigenvalue weighted by Gasteiger charge is 2.22. The molecule has 1 rings (SSSR count). The van der Waals surface area contributed by atoms with Crippen molar-refractivity contribution in [2.45, 2.75) is 51.0 Å². The molecule has 0 heterocycles. The van der Waals surface area contributed by atoms with Gasteiger partial charge < -0.3 is 5.32 Å². The second kappa shape index (κ2) is 6.60. The number of hydrogen-bond acceptors (Lipinski definition) is 3. The predicted molar refractivity (Wildman–Crippen MR) is 68.4 cm³/mol. The van der Waals surface area contributed by atoms with Crippen LogP contribution >= 0.6 is 0 Å². The monoisotopic (exact) mass is 247 g/mol. The zero-order chi connectivity index (χ0) is 12.0. The lowest BCUT2D eigenvalue weighted by Gasteiger charge is -2.30. The summed E-state index contributed by atoms with van der Waals surface area (Å²) < 4.78 is 22.1. The van der Waals surface area contributed by atoms with E-state index in [0.717, 1.165) is 18.8 Å². The summed E-state index contributed by atoms with van der Waals surface area (Å²) in [4.78, 5) is 0. The standard InChI is InChI=1S/C12H25NO2S/c1-13-12(9-6-10-16(2,14)15)11-7-4-3-5-8-11/h11-13H,3-10H2,1-2H3. The first-order valence-electron chi connectivity index (χ1n) is 6.38. The van der Waals surface area contributed by atoms with Gasteiger partial charge in [0, 0.05) is 18.1 Å². The molecular weight excluding hydrogens is 222 g/mol. The van der Waals surface area contributed by atoms with E-state index in [1.807, 2.05) is 7.05 Å². The summed E-state index contributed by atoms with van der Waals surface area (Å²) in [6.07, 6.45) is 9.78. The predicted octanol–water partition coefficient (Wildman–Crippen LogP) is 1.98. The third-order valence-corrected chi connectivity index (χ3v) is 4.65. The van der Waals surface area contributed by atoms with Crippen LogP contribution in [0.2, 0.25) is 0 Å². The molecule has 0 aromatic rings. The van der Waals surface area contributed by atoms with Crippen LogP contribution in [-0.2, 0) is 9.84 Å². The van der Waals surface area contributed by atoms with Crippen molar-refractivity contribution in [1.29, 1.82) is 0 Å². The Hall–Kier alpha value is -0.0900. The van der Waals surface area contributed by atoms with Gasteiger partial charge in [0.2, 0.25) is 0 Å². The van der Waals surface area contributed by atoms with Gasteiger partial charge in [0.1, 0.15) is 9.84 Å². The Morgan fingerprint density at radius 2 is 1.88 bits per heavy atom. The van der Waals surface area contributed by atoms with Gasteiger partial charge in [-0.25, -0.2) is 8.42 Å². The molecule has 96 valence electrons. The molecule has 0 aromatic carbocycles. The van der Waals surface area contributed by atoms with E-state index in [1.54, 1.807) is 0 Å².